The van der Waals surface area contributed by atoms with E-state index in [1.807, 2.05) is 14.0 Å². The number of nitrogens with two attached hydrogens (primary N) is 2. The maximum atomic E-state index is 11.5. The van der Waals surface area contributed by atoms with E-state index in [1.165, 1.54) is 25.0 Å². The molecule has 2 aromatic heterocycles. The van der Waals surface area contributed by atoms with Crippen LogP contribution in [0.5, 0.6) is 0 Å². The lowest BCUT2D eigenvalue weighted by molar-refractivity contribution is 0.597. The van der Waals surface area contributed by atoms with Crippen LogP contribution < -0.4 is 10.9 Å². The molecule has 0 aliphatic heterocycles. The minimum absolute atomic E-state index is 0.0560. The number of hydrogen-bond acceptors (Lipinski definition) is 6. The molecular weight excluding hydrogens is 376 g/mol. The summed E-state index contributed by atoms with van der Waals surface area (Å²) in [5.41, 5.74) is 9.85. The minimum atomic E-state index is -3.75. The second-order valence-corrected chi connectivity index (χ2v) is 9.00. The van der Waals surface area contributed by atoms with Crippen LogP contribution in [0.4, 0.5) is 0 Å². The van der Waals surface area contributed by atoms with Crippen LogP contribution >= 0.6 is 0 Å². The number of aryl methyl sites for hydroxylation is 2. The van der Waals surface area contributed by atoms with Crippen LogP contribution in [-0.2, 0) is 17.1 Å². The molecule has 0 saturated heterocycles. The molecule has 9 heteroatoms. The van der Waals surface area contributed by atoms with Gasteiger partial charge in [0, 0.05) is 13.0 Å². The number of benzene rings is 1. The summed E-state index contributed by atoms with van der Waals surface area (Å²) in [6.45, 7) is 1.84. The van der Waals surface area contributed by atoms with Crippen molar-refractivity contribution in [2.24, 2.45) is 17.9 Å². The van der Waals surface area contributed by atoms with Crippen molar-refractivity contribution in [3.05, 3.63) is 47.0 Å². The van der Waals surface area contributed by atoms with Gasteiger partial charge in [-0.05, 0) is 37.5 Å². The molecule has 3 aromatic rings. The van der Waals surface area contributed by atoms with Gasteiger partial charge in [-0.2, -0.15) is 5.10 Å². The van der Waals surface area contributed by atoms with Crippen molar-refractivity contribution in [1.82, 2.24) is 19.7 Å². The SMILES string of the molecule is Cc1nc(C(N)c2ccc(S(N)(=O)=O)cc2)c2c(C3CCCC3)nn(C)c2n1. The standard InChI is InChI=1S/C19H24N6O2S/c1-11-22-18(16(20)12-7-9-14(10-8-12)28(21,26)27)15-17(13-5-3-4-6-13)24-25(2)19(15)23-11/h7-10,13,16H,3-6,20H2,1-2H3,(H2,21,26,27). The van der Waals surface area contributed by atoms with E-state index in [9.17, 15) is 8.42 Å². The summed E-state index contributed by atoms with van der Waals surface area (Å²) in [7, 11) is -1.85. The van der Waals surface area contributed by atoms with Crippen LogP contribution in [0.25, 0.3) is 11.0 Å². The van der Waals surface area contributed by atoms with E-state index in [2.05, 4.69) is 9.97 Å². The maximum Gasteiger partial charge on any atom is 0.238 e. The highest BCUT2D eigenvalue weighted by Gasteiger charge is 2.28. The van der Waals surface area contributed by atoms with E-state index in [1.54, 1.807) is 16.8 Å². The average molecular weight is 401 g/mol. The fourth-order valence-corrected chi connectivity index (χ4v) is 4.57. The molecule has 1 aromatic carbocycles. The van der Waals surface area contributed by atoms with Gasteiger partial charge in [-0.3, -0.25) is 4.68 Å². The van der Waals surface area contributed by atoms with Crippen molar-refractivity contribution in [3.8, 4) is 0 Å². The number of sulfonamides is 1. The Morgan fingerprint density at radius 2 is 1.79 bits per heavy atom. The Balaban J connectivity index is 1.85. The molecule has 1 unspecified atom stereocenters. The Morgan fingerprint density at radius 1 is 1.14 bits per heavy atom. The zero-order chi connectivity index (χ0) is 20.1. The van der Waals surface area contributed by atoms with Crippen molar-refractivity contribution in [3.63, 3.8) is 0 Å². The van der Waals surface area contributed by atoms with Gasteiger partial charge in [0.2, 0.25) is 10.0 Å². The quantitative estimate of drug-likeness (QED) is 0.689. The lowest BCUT2D eigenvalue weighted by Gasteiger charge is -2.15. The van der Waals surface area contributed by atoms with Gasteiger partial charge in [-0.1, -0.05) is 25.0 Å². The molecule has 28 heavy (non-hydrogen) atoms. The van der Waals surface area contributed by atoms with Gasteiger partial charge in [-0.15, -0.1) is 0 Å². The van der Waals surface area contributed by atoms with E-state index < -0.39 is 16.1 Å². The predicted octanol–water partition coefficient (Wildman–Crippen LogP) is 2.02. The van der Waals surface area contributed by atoms with Gasteiger partial charge < -0.3 is 5.73 Å². The van der Waals surface area contributed by atoms with Crippen LogP contribution in [0.2, 0.25) is 0 Å². The normalized spacial score (nSPS) is 16.7. The molecule has 0 amide bonds. The monoisotopic (exact) mass is 400 g/mol. The van der Waals surface area contributed by atoms with Gasteiger partial charge in [0.25, 0.3) is 0 Å². The van der Waals surface area contributed by atoms with Crippen molar-refractivity contribution < 1.29 is 8.42 Å². The molecular formula is C19H24N6O2S. The molecule has 4 rings (SSSR count). The number of hydrogen-bond donors (Lipinski definition) is 2. The summed E-state index contributed by atoms with van der Waals surface area (Å²) in [5, 5.41) is 10.9. The molecule has 1 saturated carbocycles. The smallest absolute Gasteiger partial charge is 0.238 e. The van der Waals surface area contributed by atoms with Crippen molar-refractivity contribution in [2.75, 3.05) is 0 Å². The fourth-order valence-electron chi connectivity index (χ4n) is 4.05. The lowest BCUT2D eigenvalue weighted by Crippen LogP contribution is -2.17. The van der Waals surface area contributed by atoms with Gasteiger partial charge in [0.05, 0.1) is 27.7 Å². The Hall–Kier alpha value is -2.36. The summed E-state index contributed by atoms with van der Waals surface area (Å²) in [5.74, 6) is 1.02. The summed E-state index contributed by atoms with van der Waals surface area (Å²) < 4.78 is 24.8. The van der Waals surface area contributed by atoms with Crippen LogP contribution in [0, 0.1) is 6.92 Å². The van der Waals surface area contributed by atoms with E-state index in [-0.39, 0.29) is 4.90 Å². The molecule has 0 spiro atoms. The molecule has 1 aliphatic rings. The molecule has 1 aliphatic carbocycles. The first-order chi connectivity index (χ1) is 13.3. The molecule has 148 valence electrons. The third-order valence-electron chi connectivity index (χ3n) is 5.45. The van der Waals surface area contributed by atoms with E-state index >= 15 is 0 Å². The summed E-state index contributed by atoms with van der Waals surface area (Å²) in [6.07, 6.45) is 4.62. The lowest BCUT2D eigenvalue weighted by atomic mass is 9.96. The third-order valence-corrected chi connectivity index (χ3v) is 6.38. The number of rotatable bonds is 4. The Bertz CT molecular complexity index is 1130. The number of primary sulfonamides is 1. The number of aromatic nitrogens is 4. The van der Waals surface area contributed by atoms with Crippen LogP contribution in [0.15, 0.2) is 29.2 Å². The summed E-state index contributed by atoms with van der Waals surface area (Å²) >= 11 is 0. The predicted molar refractivity (Wildman–Crippen MR) is 106 cm³/mol. The van der Waals surface area contributed by atoms with E-state index in [0.717, 1.165) is 40.8 Å². The molecule has 1 atom stereocenters. The fraction of sp³-hybridized carbons (Fsp3) is 0.421. The van der Waals surface area contributed by atoms with E-state index in [0.29, 0.717) is 11.7 Å². The highest BCUT2D eigenvalue weighted by Crippen LogP contribution is 2.39. The van der Waals surface area contributed by atoms with Gasteiger partial charge >= 0.3 is 0 Å². The molecule has 1 fully saturated rings. The third kappa shape index (κ3) is 3.30. The molecule has 2 heterocycles. The van der Waals surface area contributed by atoms with Gasteiger partial charge in [0.1, 0.15) is 5.82 Å². The Morgan fingerprint density at radius 3 is 2.39 bits per heavy atom. The summed E-state index contributed by atoms with van der Waals surface area (Å²) in [4.78, 5) is 9.31. The highest BCUT2D eigenvalue weighted by molar-refractivity contribution is 7.89. The summed E-state index contributed by atoms with van der Waals surface area (Å²) in [6, 6.07) is 5.77. The van der Waals surface area contributed by atoms with Gasteiger partial charge in [-0.25, -0.2) is 23.5 Å². The zero-order valence-electron chi connectivity index (χ0n) is 16.0. The van der Waals surface area contributed by atoms with Crippen molar-refractivity contribution >= 4 is 21.1 Å². The van der Waals surface area contributed by atoms with Crippen LogP contribution in [0.1, 0.15) is 60.4 Å². The van der Waals surface area contributed by atoms with E-state index in [4.69, 9.17) is 16.0 Å². The molecule has 0 bridgehead atoms. The number of fused-ring (bicyclic) bond motifs is 1. The highest BCUT2D eigenvalue weighted by atomic mass is 32.2. The van der Waals surface area contributed by atoms with Crippen molar-refractivity contribution in [2.45, 2.75) is 49.5 Å². The second kappa shape index (κ2) is 6.91. The largest absolute Gasteiger partial charge is 0.319 e. The number of nitrogens with zero attached hydrogens (tertiary/aromatic N) is 4. The molecule has 4 N–H and O–H groups in total. The Labute approximate surface area is 164 Å². The zero-order valence-corrected chi connectivity index (χ0v) is 16.8. The molecule has 0 radical (unpaired) electrons. The maximum absolute atomic E-state index is 11.5. The van der Waals surface area contributed by atoms with Gasteiger partial charge in [0.15, 0.2) is 5.65 Å². The first-order valence-corrected chi connectivity index (χ1v) is 10.9. The van der Waals surface area contributed by atoms with Crippen LogP contribution in [0.3, 0.4) is 0 Å². The minimum Gasteiger partial charge on any atom is -0.319 e. The second-order valence-electron chi connectivity index (χ2n) is 7.44. The Kier molecular flexibility index (Phi) is 4.68. The average Bonchev–Trinajstić information content (AvgIpc) is 3.28. The van der Waals surface area contributed by atoms with Crippen molar-refractivity contribution in [1.29, 1.82) is 0 Å². The molecule has 8 nitrogen and oxygen atoms in total. The first-order valence-electron chi connectivity index (χ1n) is 9.35. The van der Waals surface area contributed by atoms with Crippen LogP contribution in [-0.4, -0.2) is 28.2 Å². The first kappa shape index (κ1) is 19.0. The topological polar surface area (TPSA) is 130 Å².